The van der Waals surface area contributed by atoms with Gasteiger partial charge in [-0.3, -0.25) is 5.43 Å². The number of phenolic OH excluding ortho intramolecular Hbond substituents is 2. The summed E-state index contributed by atoms with van der Waals surface area (Å²) in [5, 5.41) is 26.6. The van der Waals surface area contributed by atoms with Crippen molar-refractivity contribution < 1.29 is 10.2 Å². The standard InChI is InChI=1S/C14H19N3O2S/c18-12-8-4-5-10(13(12)19)9-15-17-14(20)16-11-6-2-1-3-7-11/h4-5,8-9,11,18-19H,1-3,6-7H2,(H2,16,17,20). The Balaban J connectivity index is 1.83. The van der Waals surface area contributed by atoms with Gasteiger partial charge >= 0.3 is 0 Å². The van der Waals surface area contributed by atoms with E-state index in [4.69, 9.17) is 12.2 Å². The molecule has 6 heteroatoms. The lowest BCUT2D eigenvalue weighted by molar-refractivity contribution is 0.403. The summed E-state index contributed by atoms with van der Waals surface area (Å²) in [7, 11) is 0. The van der Waals surface area contributed by atoms with Crippen LogP contribution >= 0.6 is 12.2 Å². The average Bonchev–Trinajstić information content (AvgIpc) is 2.44. The van der Waals surface area contributed by atoms with E-state index in [0.29, 0.717) is 16.7 Å². The molecule has 0 unspecified atom stereocenters. The van der Waals surface area contributed by atoms with Gasteiger partial charge in [-0.25, -0.2) is 0 Å². The van der Waals surface area contributed by atoms with Gasteiger partial charge in [0.2, 0.25) is 0 Å². The van der Waals surface area contributed by atoms with Gasteiger partial charge in [0, 0.05) is 11.6 Å². The molecular formula is C14H19N3O2S. The van der Waals surface area contributed by atoms with Crippen LogP contribution in [-0.4, -0.2) is 27.6 Å². The van der Waals surface area contributed by atoms with Crippen LogP contribution in [0.1, 0.15) is 37.7 Å². The summed E-state index contributed by atoms with van der Waals surface area (Å²) in [5.41, 5.74) is 3.15. The number of benzene rings is 1. The quantitative estimate of drug-likeness (QED) is 0.297. The number of aromatic hydroxyl groups is 2. The van der Waals surface area contributed by atoms with Gasteiger partial charge in [-0.05, 0) is 37.2 Å². The SMILES string of the molecule is Oc1cccc(C=NNC(=S)NC2CCCCC2)c1O. The molecule has 1 aromatic carbocycles. The van der Waals surface area contributed by atoms with E-state index in [9.17, 15) is 10.2 Å². The predicted octanol–water partition coefficient (Wildman–Crippen LogP) is 2.23. The molecule has 0 atom stereocenters. The van der Waals surface area contributed by atoms with Gasteiger partial charge in [0.25, 0.3) is 0 Å². The summed E-state index contributed by atoms with van der Waals surface area (Å²) in [6, 6.07) is 5.12. The second-order valence-corrected chi connectivity index (χ2v) is 5.30. The Bertz CT molecular complexity index is 499. The van der Waals surface area contributed by atoms with Crippen LogP contribution in [0, 0.1) is 0 Å². The average molecular weight is 293 g/mol. The van der Waals surface area contributed by atoms with Crippen molar-refractivity contribution in [3.8, 4) is 11.5 Å². The van der Waals surface area contributed by atoms with Crippen molar-refractivity contribution in [2.75, 3.05) is 0 Å². The third-order valence-electron chi connectivity index (χ3n) is 3.36. The first kappa shape index (κ1) is 14.6. The zero-order valence-electron chi connectivity index (χ0n) is 11.2. The normalized spacial score (nSPS) is 16.2. The van der Waals surface area contributed by atoms with Crippen molar-refractivity contribution in [3.05, 3.63) is 23.8 Å². The molecule has 1 aliphatic rings. The van der Waals surface area contributed by atoms with E-state index < -0.39 is 0 Å². The monoisotopic (exact) mass is 293 g/mol. The smallest absolute Gasteiger partial charge is 0.187 e. The minimum absolute atomic E-state index is 0.170. The topological polar surface area (TPSA) is 76.9 Å². The Kier molecular flexibility index (Phi) is 5.17. The zero-order valence-corrected chi connectivity index (χ0v) is 12.0. The maximum atomic E-state index is 9.61. The summed E-state index contributed by atoms with van der Waals surface area (Å²) in [5.74, 6) is -0.360. The second-order valence-electron chi connectivity index (χ2n) is 4.89. The molecule has 0 spiro atoms. The van der Waals surface area contributed by atoms with Gasteiger partial charge in [-0.1, -0.05) is 25.3 Å². The summed E-state index contributed by atoms with van der Waals surface area (Å²) >= 11 is 5.16. The molecule has 1 fully saturated rings. The molecule has 108 valence electrons. The van der Waals surface area contributed by atoms with E-state index in [2.05, 4.69) is 15.8 Å². The van der Waals surface area contributed by atoms with Crippen LogP contribution in [-0.2, 0) is 0 Å². The molecule has 0 amide bonds. The van der Waals surface area contributed by atoms with Crippen LogP contribution in [0.4, 0.5) is 0 Å². The fourth-order valence-electron chi connectivity index (χ4n) is 2.28. The van der Waals surface area contributed by atoms with Crippen LogP contribution in [0.5, 0.6) is 11.5 Å². The van der Waals surface area contributed by atoms with Gasteiger partial charge < -0.3 is 15.5 Å². The minimum atomic E-state index is -0.191. The Morgan fingerprint density at radius 3 is 2.75 bits per heavy atom. The van der Waals surface area contributed by atoms with E-state index in [0.717, 1.165) is 12.8 Å². The lowest BCUT2D eigenvalue weighted by Gasteiger charge is -2.23. The van der Waals surface area contributed by atoms with E-state index in [1.807, 2.05) is 0 Å². The fourth-order valence-corrected chi connectivity index (χ4v) is 2.50. The third kappa shape index (κ3) is 4.09. The van der Waals surface area contributed by atoms with E-state index in [1.54, 1.807) is 12.1 Å². The molecule has 0 bridgehead atoms. The maximum Gasteiger partial charge on any atom is 0.187 e. The molecule has 5 nitrogen and oxygen atoms in total. The van der Waals surface area contributed by atoms with Gasteiger partial charge in [0.1, 0.15) is 0 Å². The molecule has 2 rings (SSSR count). The maximum absolute atomic E-state index is 9.61. The van der Waals surface area contributed by atoms with Crippen LogP contribution in [0.2, 0.25) is 0 Å². The lowest BCUT2D eigenvalue weighted by Crippen LogP contribution is -2.40. The summed E-state index contributed by atoms with van der Waals surface area (Å²) in [4.78, 5) is 0. The Morgan fingerprint density at radius 2 is 2.00 bits per heavy atom. The van der Waals surface area contributed by atoms with E-state index in [-0.39, 0.29) is 11.5 Å². The molecule has 20 heavy (non-hydrogen) atoms. The van der Waals surface area contributed by atoms with E-state index in [1.165, 1.54) is 31.5 Å². The number of hydrazone groups is 1. The highest BCUT2D eigenvalue weighted by molar-refractivity contribution is 7.80. The second kappa shape index (κ2) is 7.09. The summed E-state index contributed by atoms with van der Waals surface area (Å²) in [6.07, 6.45) is 7.47. The zero-order chi connectivity index (χ0) is 14.4. The first-order chi connectivity index (χ1) is 9.66. The highest BCUT2D eigenvalue weighted by atomic mass is 32.1. The summed E-state index contributed by atoms with van der Waals surface area (Å²) < 4.78 is 0. The van der Waals surface area contributed by atoms with Crippen molar-refractivity contribution >= 4 is 23.5 Å². The molecule has 1 saturated carbocycles. The number of rotatable bonds is 3. The third-order valence-corrected chi connectivity index (χ3v) is 3.57. The largest absolute Gasteiger partial charge is 0.504 e. The van der Waals surface area contributed by atoms with Crippen molar-refractivity contribution in [3.63, 3.8) is 0 Å². The van der Waals surface area contributed by atoms with Gasteiger partial charge in [0.05, 0.1) is 6.21 Å². The first-order valence-electron chi connectivity index (χ1n) is 6.77. The minimum Gasteiger partial charge on any atom is -0.504 e. The van der Waals surface area contributed by atoms with Crippen molar-refractivity contribution in [1.29, 1.82) is 0 Å². The first-order valence-corrected chi connectivity index (χ1v) is 7.18. The molecule has 0 heterocycles. The van der Waals surface area contributed by atoms with Crippen LogP contribution in [0.3, 0.4) is 0 Å². The number of thiocarbonyl (C=S) groups is 1. The highest BCUT2D eigenvalue weighted by Gasteiger charge is 2.13. The molecular weight excluding hydrogens is 274 g/mol. The Hall–Kier alpha value is -1.82. The molecule has 0 saturated heterocycles. The van der Waals surface area contributed by atoms with Crippen LogP contribution in [0.15, 0.2) is 23.3 Å². The van der Waals surface area contributed by atoms with Crippen molar-refractivity contribution in [2.24, 2.45) is 5.10 Å². The van der Waals surface area contributed by atoms with Gasteiger partial charge in [-0.15, -0.1) is 0 Å². The van der Waals surface area contributed by atoms with Gasteiger partial charge in [-0.2, -0.15) is 5.10 Å². The Labute approximate surface area is 123 Å². The van der Waals surface area contributed by atoms with Crippen LogP contribution < -0.4 is 10.7 Å². The van der Waals surface area contributed by atoms with Crippen LogP contribution in [0.25, 0.3) is 0 Å². The van der Waals surface area contributed by atoms with Crippen molar-refractivity contribution in [1.82, 2.24) is 10.7 Å². The highest BCUT2D eigenvalue weighted by Crippen LogP contribution is 2.26. The lowest BCUT2D eigenvalue weighted by atomic mass is 9.96. The molecule has 0 radical (unpaired) electrons. The molecule has 0 aromatic heterocycles. The Morgan fingerprint density at radius 1 is 1.25 bits per heavy atom. The molecule has 4 N–H and O–H groups in total. The molecule has 1 aliphatic carbocycles. The number of para-hydroxylation sites is 1. The summed E-state index contributed by atoms with van der Waals surface area (Å²) in [6.45, 7) is 0. The number of nitrogens with one attached hydrogen (secondary N) is 2. The number of hydrogen-bond acceptors (Lipinski definition) is 4. The van der Waals surface area contributed by atoms with Crippen molar-refractivity contribution in [2.45, 2.75) is 38.1 Å². The molecule has 1 aromatic rings. The predicted molar refractivity (Wildman–Crippen MR) is 83.1 cm³/mol. The number of hydrogen-bond donors (Lipinski definition) is 4. The number of phenols is 2. The molecule has 0 aliphatic heterocycles. The number of nitrogens with zero attached hydrogens (tertiary/aromatic N) is 1. The fraction of sp³-hybridized carbons (Fsp3) is 0.429. The van der Waals surface area contributed by atoms with E-state index >= 15 is 0 Å². The van der Waals surface area contributed by atoms with Gasteiger partial charge in [0.15, 0.2) is 16.6 Å².